The average Bonchev–Trinajstić information content (AvgIpc) is 3.10. The second kappa shape index (κ2) is 5.64. The van der Waals surface area contributed by atoms with Gasteiger partial charge in [0.05, 0.1) is 10.8 Å². The number of halogens is 3. The predicted octanol–water partition coefficient (Wildman–Crippen LogP) is 2.72. The highest BCUT2D eigenvalue weighted by molar-refractivity contribution is 8.00. The maximum atomic E-state index is 12.5. The first kappa shape index (κ1) is 14.9. The number of nitrogens with one attached hydrogen (secondary N) is 1. The third-order valence-electron chi connectivity index (χ3n) is 3.31. The van der Waals surface area contributed by atoms with E-state index in [9.17, 15) is 18.0 Å². The predicted molar refractivity (Wildman–Crippen MR) is 74.4 cm³/mol. The highest BCUT2D eigenvalue weighted by Gasteiger charge is 2.35. The van der Waals surface area contributed by atoms with Crippen molar-refractivity contribution in [3.63, 3.8) is 0 Å². The van der Waals surface area contributed by atoms with Crippen LogP contribution < -0.4 is 4.90 Å². The normalized spacial score (nSPS) is 19.0. The van der Waals surface area contributed by atoms with Gasteiger partial charge in [-0.05, 0) is 30.7 Å². The van der Waals surface area contributed by atoms with E-state index in [0.717, 1.165) is 12.1 Å². The minimum absolute atomic E-state index is 0.138. The fourth-order valence-corrected chi connectivity index (χ4v) is 3.17. The number of alkyl halides is 3. The molecule has 1 aromatic heterocycles. The van der Waals surface area contributed by atoms with Gasteiger partial charge in [-0.25, -0.2) is 4.98 Å². The lowest BCUT2D eigenvalue weighted by molar-refractivity contribution is -0.137. The van der Waals surface area contributed by atoms with Crippen LogP contribution in [0.4, 0.5) is 18.9 Å². The zero-order valence-corrected chi connectivity index (χ0v) is 12.0. The Bertz CT molecular complexity index is 657. The van der Waals surface area contributed by atoms with Crippen molar-refractivity contribution >= 4 is 23.4 Å². The van der Waals surface area contributed by atoms with Crippen molar-refractivity contribution in [3.8, 4) is 0 Å². The van der Waals surface area contributed by atoms with Crippen molar-refractivity contribution in [2.45, 2.75) is 23.0 Å². The Hall–Kier alpha value is -2.03. The second-order valence-corrected chi connectivity index (χ2v) is 5.91. The van der Waals surface area contributed by atoms with Crippen molar-refractivity contribution in [1.29, 1.82) is 0 Å². The highest BCUT2D eigenvalue weighted by atomic mass is 32.2. The fraction of sp³-hybridized carbons (Fsp3) is 0.308. The topological polar surface area (TPSA) is 61.9 Å². The third-order valence-corrected chi connectivity index (χ3v) is 4.45. The summed E-state index contributed by atoms with van der Waals surface area (Å²) in [5, 5.41) is 6.62. The summed E-state index contributed by atoms with van der Waals surface area (Å²) in [5.74, 6) is -0.138. The molecule has 22 heavy (non-hydrogen) atoms. The van der Waals surface area contributed by atoms with Gasteiger partial charge in [-0.15, -0.1) is 0 Å². The largest absolute Gasteiger partial charge is 0.416 e. The van der Waals surface area contributed by atoms with Crippen LogP contribution in [0.3, 0.4) is 0 Å². The van der Waals surface area contributed by atoms with Gasteiger partial charge < -0.3 is 4.90 Å². The molecular formula is C13H11F3N4OS. The van der Waals surface area contributed by atoms with Crippen LogP contribution >= 0.6 is 11.8 Å². The lowest BCUT2D eigenvalue weighted by Crippen LogP contribution is -2.28. The first-order valence-electron chi connectivity index (χ1n) is 6.46. The first-order chi connectivity index (χ1) is 10.4. The smallest absolute Gasteiger partial charge is 0.311 e. The summed E-state index contributed by atoms with van der Waals surface area (Å²) in [7, 11) is 0. The number of carbonyl (C=O) groups is 1. The zero-order valence-electron chi connectivity index (χ0n) is 11.2. The third kappa shape index (κ3) is 2.94. The summed E-state index contributed by atoms with van der Waals surface area (Å²) in [5.41, 5.74) is -0.255. The number of nitrogens with zero attached hydrogens (tertiary/aromatic N) is 3. The average molecular weight is 328 g/mol. The van der Waals surface area contributed by atoms with E-state index in [1.807, 2.05) is 0 Å². The Morgan fingerprint density at radius 3 is 2.59 bits per heavy atom. The minimum atomic E-state index is -4.38. The quantitative estimate of drug-likeness (QED) is 0.941. The number of amides is 1. The molecule has 1 aliphatic heterocycles. The summed E-state index contributed by atoms with van der Waals surface area (Å²) >= 11 is 1.27. The van der Waals surface area contributed by atoms with E-state index in [1.165, 1.54) is 35.1 Å². The van der Waals surface area contributed by atoms with Crippen molar-refractivity contribution in [2.75, 3.05) is 11.4 Å². The van der Waals surface area contributed by atoms with Crippen LogP contribution in [0.15, 0.2) is 35.7 Å². The van der Waals surface area contributed by atoms with Crippen LogP contribution in [0.2, 0.25) is 0 Å². The minimum Gasteiger partial charge on any atom is -0.311 e. The molecule has 0 radical (unpaired) electrons. The van der Waals surface area contributed by atoms with Gasteiger partial charge in [-0.1, -0.05) is 11.8 Å². The molecule has 2 aromatic rings. The monoisotopic (exact) mass is 328 g/mol. The van der Waals surface area contributed by atoms with Gasteiger partial charge in [-0.2, -0.15) is 18.3 Å². The molecule has 1 N–H and O–H groups in total. The van der Waals surface area contributed by atoms with Crippen molar-refractivity contribution in [3.05, 3.63) is 36.2 Å². The number of aromatic nitrogens is 3. The maximum absolute atomic E-state index is 12.5. The lowest BCUT2D eigenvalue weighted by Gasteiger charge is -2.17. The number of aromatic amines is 1. The fourth-order valence-electron chi connectivity index (χ4n) is 2.24. The SMILES string of the molecule is O=C1C(Sc2ncn[nH]2)CCN1c1ccc(C(F)(F)F)cc1. The van der Waals surface area contributed by atoms with Gasteiger partial charge in [0.1, 0.15) is 6.33 Å². The van der Waals surface area contributed by atoms with E-state index in [2.05, 4.69) is 15.2 Å². The Morgan fingerprint density at radius 2 is 2.00 bits per heavy atom. The Balaban J connectivity index is 1.72. The molecule has 1 amide bonds. The van der Waals surface area contributed by atoms with Crippen LogP contribution in [-0.4, -0.2) is 32.9 Å². The molecule has 0 bridgehead atoms. The summed E-state index contributed by atoms with van der Waals surface area (Å²) in [6, 6.07) is 4.61. The number of hydrogen-bond acceptors (Lipinski definition) is 4. The lowest BCUT2D eigenvalue weighted by atomic mass is 10.2. The molecule has 1 saturated heterocycles. The van der Waals surface area contributed by atoms with Gasteiger partial charge >= 0.3 is 6.18 Å². The Morgan fingerprint density at radius 1 is 1.27 bits per heavy atom. The van der Waals surface area contributed by atoms with Crippen LogP contribution in [0.25, 0.3) is 0 Å². The number of rotatable bonds is 3. The second-order valence-electron chi connectivity index (χ2n) is 4.72. The van der Waals surface area contributed by atoms with Crippen LogP contribution in [-0.2, 0) is 11.0 Å². The number of carbonyl (C=O) groups excluding carboxylic acids is 1. The number of thioether (sulfide) groups is 1. The van der Waals surface area contributed by atoms with E-state index >= 15 is 0 Å². The molecular weight excluding hydrogens is 317 g/mol. The van der Waals surface area contributed by atoms with Gasteiger partial charge in [0, 0.05) is 12.2 Å². The van der Waals surface area contributed by atoms with Gasteiger partial charge in [0.25, 0.3) is 0 Å². The molecule has 1 aromatic carbocycles. The molecule has 1 unspecified atom stereocenters. The first-order valence-corrected chi connectivity index (χ1v) is 7.34. The molecule has 1 fully saturated rings. The molecule has 5 nitrogen and oxygen atoms in total. The van der Waals surface area contributed by atoms with Crippen LogP contribution in [0.5, 0.6) is 0 Å². The molecule has 3 rings (SSSR count). The summed E-state index contributed by atoms with van der Waals surface area (Å²) < 4.78 is 37.6. The van der Waals surface area contributed by atoms with E-state index in [1.54, 1.807) is 0 Å². The highest BCUT2D eigenvalue weighted by Crippen LogP contribution is 2.34. The Labute approximate surface area is 127 Å². The Kier molecular flexibility index (Phi) is 3.81. The van der Waals surface area contributed by atoms with Crippen molar-refractivity contribution in [2.24, 2.45) is 0 Å². The van der Waals surface area contributed by atoms with Gasteiger partial charge in [-0.3, -0.25) is 9.89 Å². The molecule has 0 spiro atoms. The molecule has 0 aliphatic carbocycles. The van der Waals surface area contributed by atoms with Crippen LogP contribution in [0, 0.1) is 0 Å². The van der Waals surface area contributed by atoms with E-state index in [4.69, 9.17) is 0 Å². The van der Waals surface area contributed by atoms with Crippen molar-refractivity contribution < 1.29 is 18.0 Å². The number of hydrogen-bond donors (Lipinski definition) is 1. The standard InChI is InChI=1S/C13H11F3N4OS/c14-13(15,16)8-1-3-9(4-2-8)20-6-5-10(11(20)21)22-12-17-7-18-19-12/h1-4,7,10H,5-6H2,(H,17,18,19). The van der Waals surface area contributed by atoms with Crippen molar-refractivity contribution in [1.82, 2.24) is 15.2 Å². The zero-order chi connectivity index (χ0) is 15.7. The van der Waals surface area contributed by atoms with E-state index in [0.29, 0.717) is 23.8 Å². The maximum Gasteiger partial charge on any atom is 0.416 e. The summed E-state index contributed by atoms with van der Waals surface area (Å²) in [6.07, 6.45) is -2.42. The molecule has 116 valence electrons. The van der Waals surface area contributed by atoms with E-state index < -0.39 is 11.7 Å². The van der Waals surface area contributed by atoms with Gasteiger partial charge in [0.15, 0.2) is 5.16 Å². The number of H-pyrrole nitrogens is 1. The van der Waals surface area contributed by atoms with Gasteiger partial charge in [0.2, 0.25) is 5.91 Å². The molecule has 0 saturated carbocycles. The molecule has 1 aliphatic rings. The summed E-state index contributed by atoms with van der Waals surface area (Å²) in [6.45, 7) is 0.468. The number of anilines is 1. The number of benzene rings is 1. The van der Waals surface area contributed by atoms with E-state index in [-0.39, 0.29) is 11.2 Å². The molecule has 2 heterocycles. The molecule has 9 heteroatoms. The molecule has 1 atom stereocenters. The van der Waals surface area contributed by atoms with Crippen LogP contribution in [0.1, 0.15) is 12.0 Å². The summed E-state index contributed by atoms with van der Waals surface area (Å²) in [4.78, 5) is 17.8.